The van der Waals surface area contributed by atoms with Crippen molar-refractivity contribution in [1.29, 1.82) is 0 Å². The van der Waals surface area contributed by atoms with Gasteiger partial charge in [-0.3, -0.25) is 14.4 Å². The van der Waals surface area contributed by atoms with Gasteiger partial charge < -0.3 is 14.9 Å². The fourth-order valence-electron chi connectivity index (χ4n) is 2.12. The molecule has 0 radical (unpaired) electrons. The van der Waals surface area contributed by atoms with E-state index in [4.69, 9.17) is 10.2 Å². The second-order valence-corrected chi connectivity index (χ2v) is 4.24. The summed E-state index contributed by atoms with van der Waals surface area (Å²) in [4.78, 5) is 33.6. The third kappa shape index (κ3) is 3.32. The number of hydrogen-bond donors (Lipinski definition) is 2. The molecular weight excluding hydrogens is 240 g/mol. The molecule has 0 aromatic rings. The largest absolute Gasteiger partial charge is 0.481 e. The van der Waals surface area contributed by atoms with Crippen molar-refractivity contribution in [3.8, 4) is 0 Å². The number of carbonyl (C=O) groups is 3. The minimum absolute atomic E-state index is 0.0847. The molecule has 0 aliphatic heterocycles. The molecule has 0 unspecified atom stereocenters. The first-order valence-electron chi connectivity index (χ1n) is 5.68. The third-order valence-electron chi connectivity index (χ3n) is 3.06. The molecule has 0 aromatic carbocycles. The van der Waals surface area contributed by atoms with E-state index in [1.807, 2.05) is 6.08 Å². The maximum atomic E-state index is 11.4. The van der Waals surface area contributed by atoms with E-state index in [0.717, 1.165) is 31.9 Å². The maximum Gasteiger partial charge on any atom is 0.320 e. The Morgan fingerprint density at radius 1 is 1.33 bits per heavy atom. The Kier molecular flexibility index (Phi) is 4.88. The summed E-state index contributed by atoms with van der Waals surface area (Å²) in [5.74, 6) is -6.71. The zero-order valence-electron chi connectivity index (χ0n) is 10.1. The zero-order valence-corrected chi connectivity index (χ0v) is 10.1. The fraction of sp³-hybridized carbons (Fsp3) is 0.583. The van der Waals surface area contributed by atoms with Crippen LogP contribution in [0.5, 0.6) is 0 Å². The molecule has 2 N–H and O–H groups in total. The number of carboxylic acid groups (broad SMARTS) is 2. The summed E-state index contributed by atoms with van der Waals surface area (Å²) in [6, 6.07) is 0. The number of allylic oxidation sites excluding steroid dienone is 2. The van der Waals surface area contributed by atoms with Crippen LogP contribution < -0.4 is 0 Å². The van der Waals surface area contributed by atoms with Crippen molar-refractivity contribution in [3.05, 3.63) is 11.6 Å². The minimum Gasteiger partial charge on any atom is -0.481 e. The molecule has 0 heterocycles. The van der Waals surface area contributed by atoms with E-state index in [2.05, 4.69) is 4.74 Å². The number of carboxylic acids is 2. The summed E-state index contributed by atoms with van der Waals surface area (Å²) in [7, 11) is 1.05. The summed E-state index contributed by atoms with van der Waals surface area (Å²) in [6.45, 7) is 0. The van der Waals surface area contributed by atoms with Crippen LogP contribution in [0.1, 0.15) is 25.7 Å². The lowest BCUT2D eigenvalue weighted by Gasteiger charge is -2.18. The van der Waals surface area contributed by atoms with Crippen LogP contribution in [0.3, 0.4) is 0 Å². The van der Waals surface area contributed by atoms with E-state index in [0.29, 0.717) is 0 Å². The number of hydrogen-bond acceptors (Lipinski definition) is 4. The van der Waals surface area contributed by atoms with Gasteiger partial charge in [0.1, 0.15) is 0 Å². The molecule has 1 rings (SSSR count). The highest BCUT2D eigenvalue weighted by Gasteiger charge is 2.40. The Hall–Kier alpha value is -1.85. The van der Waals surface area contributed by atoms with Crippen molar-refractivity contribution in [2.45, 2.75) is 25.7 Å². The molecule has 18 heavy (non-hydrogen) atoms. The van der Waals surface area contributed by atoms with Gasteiger partial charge in [0.15, 0.2) is 5.92 Å². The molecule has 100 valence electrons. The lowest BCUT2D eigenvalue weighted by Crippen LogP contribution is -2.36. The molecule has 1 aliphatic carbocycles. The molecule has 2 atom stereocenters. The van der Waals surface area contributed by atoms with Gasteiger partial charge in [-0.2, -0.15) is 0 Å². The quantitative estimate of drug-likeness (QED) is 0.418. The molecule has 0 saturated heterocycles. The Labute approximate surface area is 104 Å². The van der Waals surface area contributed by atoms with Gasteiger partial charge in [0.05, 0.1) is 13.0 Å². The highest BCUT2D eigenvalue weighted by atomic mass is 16.5. The van der Waals surface area contributed by atoms with Crippen molar-refractivity contribution in [3.63, 3.8) is 0 Å². The second-order valence-electron chi connectivity index (χ2n) is 4.24. The van der Waals surface area contributed by atoms with Crippen LogP contribution in [0.2, 0.25) is 0 Å². The van der Waals surface area contributed by atoms with Crippen molar-refractivity contribution >= 4 is 17.9 Å². The predicted molar refractivity (Wildman–Crippen MR) is 60.8 cm³/mol. The number of carbonyl (C=O) groups excluding carboxylic acids is 1. The van der Waals surface area contributed by atoms with Gasteiger partial charge in [-0.1, -0.05) is 11.6 Å². The van der Waals surface area contributed by atoms with Crippen molar-refractivity contribution in [2.24, 2.45) is 11.8 Å². The topological polar surface area (TPSA) is 101 Å². The van der Waals surface area contributed by atoms with Gasteiger partial charge in [-0.25, -0.2) is 0 Å². The van der Waals surface area contributed by atoms with Crippen molar-refractivity contribution in [1.82, 2.24) is 0 Å². The van der Waals surface area contributed by atoms with Crippen LogP contribution >= 0.6 is 0 Å². The number of aliphatic carboxylic acids is 2. The molecule has 6 heteroatoms. The molecule has 0 amide bonds. The number of esters is 1. The van der Waals surface area contributed by atoms with Crippen LogP contribution in [0.25, 0.3) is 0 Å². The van der Waals surface area contributed by atoms with Crippen LogP contribution in [0, 0.1) is 11.8 Å². The summed E-state index contributed by atoms with van der Waals surface area (Å²) in [5, 5.41) is 18.1. The van der Waals surface area contributed by atoms with Crippen LogP contribution in [0.15, 0.2) is 11.6 Å². The maximum absolute atomic E-state index is 11.4. The highest BCUT2D eigenvalue weighted by molar-refractivity contribution is 5.98. The molecule has 0 fully saturated rings. The molecule has 0 saturated carbocycles. The highest BCUT2D eigenvalue weighted by Crippen LogP contribution is 2.29. The Morgan fingerprint density at radius 2 is 2.00 bits per heavy atom. The molecule has 0 bridgehead atoms. The number of ether oxygens (including phenoxy) is 1. The molecule has 1 aliphatic rings. The van der Waals surface area contributed by atoms with E-state index in [1.165, 1.54) is 0 Å². The van der Waals surface area contributed by atoms with Gasteiger partial charge in [0, 0.05) is 0 Å². The standard InChI is InChI=1S/C12H16O6/c1-18-12(17)9(11(15)16)8(10(13)14)6-7-4-2-3-5-7/h4,8-9H,2-3,5-6H2,1H3,(H,13,14)(H,15,16)/t8-,9-/m1/s1. The Morgan fingerprint density at radius 3 is 2.39 bits per heavy atom. The minimum atomic E-state index is -1.66. The first kappa shape index (κ1) is 14.2. The zero-order chi connectivity index (χ0) is 13.7. The smallest absolute Gasteiger partial charge is 0.320 e. The number of methoxy groups -OCH3 is 1. The average molecular weight is 256 g/mol. The van der Waals surface area contributed by atoms with Crippen LogP contribution in [0.4, 0.5) is 0 Å². The van der Waals surface area contributed by atoms with Gasteiger partial charge in [-0.15, -0.1) is 0 Å². The molecule has 0 spiro atoms. The predicted octanol–water partition coefficient (Wildman–Crippen LogP) is 1.06. The molecule has 6 nitrogen and oxygen atoms in total. The lowest BCUT2D eigenvalue weighted by atomic mass is 9.86. The van der Waals surface area contributed by atoms with Gasteiger partial charge in [0.2, 0.25) is 0 Å². The Balaban J connectivity index is 2.89. The van der Waals surface area contributed by atoms with Crippen molar-refractivity contribution in [2.75, 3.05) is 7.11 Å². The normalized spacial score (nSPS) is 17.7. The first-order valence-corrected chi connectivity index (χ1v) is 5.68. The van der Waals surface area contributed by atoms with Crippen LogP contribution in [-0.4, -0.2) is 35.2 Å². The summed E-state index contributed by atoms with van der Waals surface area (Å²) >= 11 is 0. The Bertz CT molecular complexity index is 384. The van der Waals surface area contributed by atoms with E-state index < -0.39 is 29.7 Å². The average Bonchev–Trinajstić information content (AvgIpc) is 2.79. The first-order chi connectivity index (χ1) is 8.47. The van der Waals surface area contributed by atoms with Crippen molar-refractivity contribution < 1.29 is 29.3 Å². The van der Waals surface area contributed by atoms with E-state index in [1.54, 1.807) is 0 Å². The van der Waals surface area contributed by atoms with E-state index >= 15 is 0 Å². The van der Waals surface area contributed by atoms with Gasteiger partial charge >= 0.3 is 17.9 Å². The van der Waals surface area contributed by atoms with Gasteiger partial charge in [0.25, 0.3) is 0 Å². The third-order valence-corrected chi connectivity index (χ3v) is 3.06. The van der Waals surface area contributed by atoms with Crippen LogP contribution in [-0.2, 0) is 19.1 Å². The molecular formula is C12H16O6. The fourth-order valence-corrected chi connectivity index (χ4v) is 2.12. The van der Waals surface area contributed by atoms with Gasteiger partial charge in [-0.05, 0) is 25.7 Å². The van der Waals surface area contributed by atoms with E-state index in [9.17, 15) is 14.4 Å². The van der Waals surface area contributed by atoms with E-state index in [-0.39, 0.29) is 6.42 Å². The summed E-state index contributed by atoms with van der Waals surface area (Å²) in [6.07, 6.45) is 4.57. The lowest BCUT2D eigenvalue weighted by molar-refractivity contribution is -0.165. The summed E-state index contributed by atoms with van der Waals surface area (Å²) in [5.41, 5.74) is 0.901. The second kappa shape index (κ2) is 6.18. The number of rotatable bonds is 6. The summed E-state index contributed by atoms with van der Waals surface area (Å²) < 4.78 is 4.37. The SMILES string of the molecule is COC(=O)[C@@H](C(=O)O)[C@@H](CC1=CCCC1)C(=O)O. The molecule has 0 aromatic heterocycles. The monoisotopic (exact) mass is 256 g/mol.